The molecule has 0 heterocycles. The van der Waals surface area contributed by atoms with Crippen molar-refractivity contribution in [2.45, 2.75) is 6.92 Å². The fourth-order valence-corrected chi connectivity index (χ4v) is 2.01. The van der Waals surface area contributed by atoms with Crippen LogP contribution in [0.1, 0.15) is 18.1 Å². The Kier molecular flexibility index (Phi) is 5.20. The maximum Gasteiger partial charge on any atom is 0.131 e. The number of allylic oxidation sites excluding steroid dienone is 1. The first-order chi connectivity index (χ1) is 10.7. The largest absolute Gasteiger partial charge is 0.497 e. The minimum Gasteiger partial charge on any atom is -0.497 e. The smallest absolute Gasteiger partial charge is 0.131 e. The molecular formula is C18H20N2O2. The first-order valence-electron chi connectivity index (χ1n) is 6.97. The minimum absolute atomic E-state index is 0.464. The number of rotatable bonds is 5. The van der Waals surface area contributed by atoms with Crippen LogP contribution >= 0.6 is 0 Å². The highest BCUT2D eigenvalue weighted by atomic mass is 16.5. The summed E-state index contributed by atoms with van der Waals surface area (Å²) in [5.74, 6) is 2.07. The van der Waals surface area contributed by atoms with Crippen LogP contribution in [0, 0.1) is 0 Å². The van der Waals surface area contributed by atoms with E-state index in [2.05, 4.69) is 4.99 Å². The number of ether oxygens (including phenoxy) is 2. The Morgan fingerprint density at radius 3 is 1.73 bits per heavy atom. The molecule has 0 aliphatic rings. The van der Waals surface area contributed by atoms with Gasteiger partial charge in [0.25, 0.3) is 0 Å². The Balaban J connectivity index is 2.26. The second-order valence-corrected chi connectivity index (χ2v) is 4.63. The van der Waals surface area contributed by atoms with Crippen molar-refractivity contribution in [2.24, 2.45) is 10.7 Å². The van der Waals surface area contributed by atoms with Gasteiger partial charge in [0.05, 0.1) is 19.9 Å². The normalized spacial score (nSPS) is 12.1. The fourth-order valence-electron chi connectivity index (χ4n) is 2.01. The summed E-state index contributed by atoms with van der Waals surface area (Å²) in [6.45, 7) is 1.93. The molecule has 0 aliphatic carbocycles. The van der Waals surface area contributed by atoms with Crippen LogP contribution in [0.2, 0.25) is 0 Å². The lowest BCUT2D eigenvalue weighted by atomic mass is 10.1. The molecule has 2 N–H and O–H groups in total. The van der Waals surface area contributed by atoms with Gasteiger partial charge in [-0.05, 0) is 55.5 Å². The van der Waals surface area contributed by atoms with Gasteiger partial charge in [0.2, 0.25) is 0 Å². The van der Waals surface area contributed by atoms with Crippen molar-refractivity contribution in [2.75, 3.05) is 14.2 Å². The zero-order chi connectivity index (χ0) is 15.9. The van der Waals surface area contributed by atoms with Crippen LogP contribution in [-0.4, -0.2) is 20.1 Å². The SMILES string of the molecule is CC=C(N=C(N)c1ccc(OC)cc1)c1ccc(OC)cc1. The Labute approximate surface area is 130 Å². The molecule has 0 saturated heterocycles. The van der Waals surface area contributed by atoms with Gasteiger partial charge in [0, 0.05) is 11.1 Å². The molecule has 22 heavy (non-hydrogen) atoms. The van der Waals surface area contributed by atoms with Crippen molar-refractivity contribution in [3.63, 3.8) is 0 Å². The van der Waals surface area contributed by atoms with Crippen LogP contribution in [-0.2, 0) is 0 Å². The molecule has 0 unspecified atom stereocenters. The molecule has 2 aromatic rings. The van der Waals surface area contributed by atoms with Gasteiger partial charge in [0.15, 0.2) is 0 Å². The third-order valence-corrected chi connectivity index (χ3v) is 3.29. The maximum absolute atomic E-state index is 6.10. The first-order valence-corrected chi connectivity index (χ1v) is 6.97. The Bertz CT molecular complexity index is 671. The van der Waals surface area contributed by atoms with E-state index >= 15 is 0 Å². The van der Waals surface area contributed by atoms with Crippen molar-refractivity contribution in [1.29, 1.82) is 0 Å². The number of amidine groups is 1. The summed E-state index contributed by atoms with van der Waals surface area (Å²) >= 11 is 0. The molecule has 0 fully saturated rings. The summed E-state index contributed by atoms with van der Waals surface area (Å²) in [7, 11) is 3.28. The van der Waals surface area contributed by atoms with Gasteiger partial charge in [-0.3, -0.25) is 0 Å². The van der Waals surface area contributed by atoms with Gasteiger partial charge in [-0.1, -0.05) is 6.08 Å². The Morgan fingerprint density at radius 2 is 1.32 bits per heavy atom. The van der Waals surface area contributed by atoms with Crippen molar-refractivity contribution < 1.29 is 9.47 Å². The highest BCUT2D eigenvalue weighted by Crippen LogP contribution is 2.20. The summed E-state index contributed by atoms with van der Waals surface area (Å²) in [5, 5.41) is 0. The molecule has 2 rings (SSSR count). The predicted molar refractivity (Wildman–Crippen MR) is 90.4 cm³/mol. The van der Waals surface area contributed by atoms with Gasteiger partial charge in [0.1, 0.15) is 17.3 Å². The van der Waals surface area contributed by atoms with Crippen molar-refractivity contribution in [3.05, 3.63) is 65.7 Å². The third-order valence-electron chi connectivity index (χ3n) is 3.29. The third kappa shape index (κ3) is 3.67. The van der Waals surface area contributed by atoms with E-state index in [-0.39, 0.29) is 0 Å². The molecule has 0 amide bonds. The van der Waals surface area contributed by atoms with E-state index in [0.717, 1.165) is 28.3 Å². The number of nitrogens with two attached hydrogens (primary N) is 1. The zero-order valence-corrected chi connectivity index (χ0v) is 13.0. The second-order valence-electron chi connectivity index (χ2n) is 4.63. The molecule has 0 aliphatic heterocycles. The Hall–Kier alpha value is -2.75. The number of methoxy groups -OCH3 is 2. The van der Waals surface area contributed by atoms with Gasteiger partial charge in [-0.25, -0.2) is 4.99 Å². The minimum atomic E-state index is 0.464. The molecule has 0 bridgehead atoms. The van der Waals surface area contributed by atoms with Gasteiger partial charge in [-0.15, -0.1) is 0 Å². The lowest BCUT2D eigenvalue weighted by molar-refractivity contribution is 0.414. The van der Waals surface area contributed by atoms with Crippen LogP contribution < -0.4 is 15.2 Å². The van der Waals surface area contributed by atoms with E-state index in [1.165, 1.54) is 0 Å². The molecule has 0 aromatic heterocycles. The first kappa shape index (κ1) is 15.6. The Morgan fingerprint density at radius 1 is 0.864 bits per heavy atom. The van der Waals surface area contributed by atoms with Gasteiger partial charge in [-0.2, -0.15) is 0 Å². The maximum atomic E-state index is 6.10. The molecule has 2 aromatic carbocycles. The van der Waals surface area contributed by atoms with Crippen LogP contribution in [0.25, 0.3) is 5.70 Å². The summed E-state index contributed by atoms with van der Waals surface area (Å²) in [6.07, 6.45) is 1.93. The molecule has 0 spiro atoms. The summed E-state index contributed by atoms with van der Waals surface area (Å²) in [5.41, 5.74) is 8.76. The topological polar surface area (TPSA) is 56.8 Å². The summed E-state index contributed by atoms with van der Waals surface area (Å²) in [4.78, 5) is 4.52. The highest BCUT2D eigenvalue weighted by Gasteiger charge is 2.04. The van der Waals surface area contributed by atoms with Crippen molar-refractivity contribution >= 4 is 11.5 Å². The number of hydrogen-bond acceptors (Lipinski definition) is 3. The van der Waals surface area contributed by atoms with E-state index in [1.54, 1.807) is 14.2 Å². The van der Waals surface area contributed by atoms with Gasteiger partial charge >= 0.3 is 0 Å². The molecule has 114 valence electrons. The lowest BCUT2D eigenvalue weighted by Crippen LogP contribution is -2.13. The lowest BCUT2D eigenvalue weighted by Gasteiger charge is -2.07. The molecule has 0 saturated carbocycles. The number of benzene rings is 2. The highest BCUT2D eigenvalue weighted by molar-refractivity contribution is 6.00. The zero-order valence-electron chi connectivity index (χ0n) is 13.0. The van der Waals surface area contributed by atoms with Crippen molar-refractivity contribution in [3.8, 4) is 11.5 Å². The van der Waals surface area contributed by atoms with Crippen LogP contribution in [0.4, 0.5) is 0 Å². The molecular weight excluding hydrogens is 276 g/mol. The van der Waals surface area contributed by atoms with E-state index in [9.17, 15) is 0 Å². The summed E-state index contributed by atoms with van der Waals surface area (Å²) < 4.78 is 10.3. The number of nitrogens with zero attached hydrogens (tertiary/aromatic N) is 1. The fraction of sp³-hybridized carbons (Fsp3) is 0.167. The molecule has 0 radical (unpaired) electrons. The average molecular weight is 296 g/mol. The molecule has 4 nitrogen and oxygen atoms in total. The second kappa shape index (κ2) is 7.31. The quantitative estimate of drug-likeness (QED) is 0.679. The van der Waals surface area contributed by atoms with Crippen molar-refractivity contribution in [1.82, 2.24) is 0 Å². The molecule has 0 atom stereocenters. The van der Waals surface area contributed by atoms with E-state index in [4.69, 9.17) is 15.2 Å². The van der Waals surface area contributed by atoms with E-state index in [0.29, 0.717) is 5.84 Å². The molecule has 4 heteroatoms. The summed E-state index contributed by atoms with van der Waals surface area (Å²) in [6, 6.07) is 15.2. The van der Waals surface area contributed by atoms with E-state index < -0.39 is 0 Å². The van der Waals surface area contributed by atoms with E-state index in [1.807, 2.05) is 61.5 Å². The van der Waals surface area contributed by atoms with Crippen LogP contribution in [0.15, 0.2) is 59.6 Å². The standard InChI is InChI=1S/C18H20N2O2/c1-4-17(13-5-9-15(21-2)10-6-13)20-18(19)14-7-11-16(22-3)12-8-14/h4-12H,1-3H3,(H2,19,20). The predicted octanol–water partition coefficient (Wildman–Crippen LogP) is 3.47. The number of aliphatic imine (C=N–C) groups is 1. The monoisotopic (exact) mass is 296 g/mol. The average Bonchev–Trinajstić information content (AvgIpc) is 2.59. The van der Waals surface area contributed by atoms with Gasteiger partial charge < -0.3 is 15.2 Å². The van der Waals surface area contributed by atoms with Crippen LogP contribution in [0.5, 0.6) is 11.5 Å². The number of hydrogen-bond donors (Lipinski definition) is 1. The van der Waals surface area contributed by atoms with Crippen LogP contribution in [0.3, 0.4) is 0 Å².